The maximum atomic E-state index is 10.9. The first-order chi connectivity index (χ1) is 10.4. The smallest absolute Gasteiger partial charge is 0.355 e. The molecule has 1 aromatic carbocycles. The van der Waals surface area contributed by atoms with E-state index in [0.29, 0.717) is 6.61 Å². The zero-order chi connectivity index (χ0) is 16.2. The lowest BCUT2D eigenvalue weighted by atomic mass is 9.90. The third kappa shape index (κ3) is 3.98. The topological polar surface area (TPSA) is 68.7 Å². The molecule has 5 nitrogen and oxygen atoms in total. The number of rotatable bonds is 7. The maximum Gasteiger partial charge on any atom is 0.355 e. The number of carboxylic acid groups (broad SMARTS) is 1. The van der Waals surface area contributed by atoms with Crippen LogP contribution in [0, 0.1) is 0 Å². The highest BCUT2D eigenvalue weighted by atomic mass is 32.1. The van der Waals surface area contributed by atoms with Gasteiger partial charge in [0, 0.05) is 10.8 Å². The molecule has 0 saturated carbocycles. The van der Waals surface area contributed by atoms with Crippen LogP contribution in [-0.4, -0.2) is 29.8 Å². The van der Waals surface area contributed by atoms with Crippen molar-refractivity contribution in [2.45, 2.75) is 25.7 Å². The van der Waals surface area contributed by atoms with E-state index in [0.717, 1.165) is 22.9 Å². The number of aromatic nitrogens is 1. The van der Waals surface area contributed by atoms with Crippen LogP contribution in [0.4, 0.5) is 0 Å². The monoisotopic (exact) mass is 321 g/mol. The highest BCUT2D eigenvalue weighted by molar-refractivity contribution is 7.10. The summed E-state index contributed by atoms with van der Waals surface area (Å²) in [5.41, 5.74) is -0.130. The van der Waals surface area contributed by atoms with E-state index in [4.69, 9.17) is 14.6 Å². The summed E-state index contributed by atoms with van der Waals surface area (Å²) in [6, 6.07) is 7.41. The van der Waals surface area contributed by atoms with Crippen molar-refractivity contribution in [2.24, 2.45) is 0 Å². The van der Waals surface area contributed by atoms with Gasteiger partial charge >= 0.3 is 5.97 Å². The van der Waals surface area contributed by atoms with Crippen molar-refractivity contribution in [3.05, 3.63) is 40.3 Å². The molecule has 0 aliphatic carbocycles. The summed E-state index contributed by atoms with van der Waals surface area (Å²) in [6.07, 6.45) is 0.742. The van der Waals surface area contributed by atoms with Crippen molar-refractivity contribution in [1.82, 2.24) is 4.98 Å². The van der Waals surface area contributed by atoms with Gasteiger partial charge in [-0.3, -0.25) is 0 Å². The number of hydrogen-bond acceptors (Lipinski definition) is 5. The first-order valence-electron chi connectivity index (χ1n) is 6.88. The van der Waals surface area contributed by atoms with Crippen LogP contribution >= 0.6 is 11.3 Å². The summed E-state index contributed by atoms with van der Waals surface area (Å²) in [7, 11) is 1.62. The largest absolute Gasteiger partial charge is 0.497 e. The molecule has 0 amide bonds. The Labute approximate surface area is 133 Å². The molecule has 0 aliphatic heterocycles. The second kappa shape index (κ2) is 6.79. The molecule has 22 heavy (non-hydrogen) atoms. The zero-order valence-electron chi connectivity index (χ0n) is 12.8. The number of thiazole rings is 1. The number of ether oxygens (including phenoxy) is 2. The predicted molar refractivity (Wildman–Crippen MR) is 85.2 cm³/mol. The van der Waals surface area contributed by atoms with Gasteiger partial charge in [0.15, 0.2) is 5.69 Å². The Morgan fingerprint density at radius 2 is 1.91 bits per heavy atom. The number of methoxy groups -OCH3 is 1. The lowest BCUT2D eigenvalue weighted by Crippen LogP contribution is -2.20. The van der Waals surface area contributed by atoms with Crippen molar-refractivity contribution in [2.75, 3.05) is 13.7 Å². The van der Waals surface area contributed by atoms with Crippen LogP contribution in [0.25, 0.3) is 0 Å². The molecular formula is C16H19NO4S. The molecule has 6 heteroatoms. The first kappa shape index (κ1) is 16.3. The lowest BCUT2D eigenvalue weighted by molar-refractivity contribution is 0.0691. The van der Waals surface area contributed by atoms with Crippen LogP contribution < -0.4 is 9.47 Å². The molecule has 0 bridgehead atoms. The summed E-state index contributed by atoms with van der Waals surface area (Å²) < 4.78 is 10.8. The van der Waals surface area contributed by atoms with Crippen molar-refractivity contribution >= 4 is 17.3 Å². The Bertz CT molecular complexity index is 634. The van der Waals surface area contributed by atoms with Crippen LogP contribution in [0.2, 0.25) is 0 Å². The van der Waals surface area contributed by atoms with Gasteiger partial charge in [-0.2, -0.15) is 0 Å². The molecule has 0 aliphatic rings. The van der Waals surface area contributed by atoms with E-state index in [1.807, 2.05) is 38.1 Å². The summed E-state index contributed by atoms with van der Waals surface area (Å²) in [6.45, 7) is 4.60. The van der Waals surface area contributed by atoms with Crippen LogP contribution in [0.15, 0.2) is 29.6 Å². The number of nitrogens with zero attached hydrogens (tertiary/aromatic N) is 1. The number of carbonyl (C=O) groups is 1. The van der Waals surface area contributed by atoms with Gasteiger partial charge < -0.3 is 14.6 Å². The van der Waals surface area contributed by atoms with Crippen molar-refractivity contribution in [1.29, 1.82) is 0 Å². The molecule has 2 rings (SSSR count). The van der Waals surface area contributed by atoms with Gasteiger partial charge in [0.2, 0.25) is 0 Å². The molecule has 0 saturated heterocycles. The molecule has 1 aromatic heterocycles. The maximum absolute atomic E-state index is 10.9. The molecule has 0 unspecified atom stereocenters. The highest BCUT2D eigenvalue weighted by Crippen LogP contribution is 2.30. The zero-order valence-corrected chi connectivity index (χ0v) is 13.6. The van der Waals surface area contributed by atoms with E-state index in [1.54, 1.807) is 12.5 Å². The molecule has 0 fully saturated rings. The van der Waals surface area contributed by atoms with Crippen molar-refractivity contribution < 1.29 is 19.4 Å². The second-order valence-electron chi connectivity index (χ2n) is 5.50. The standard InChI is InChI=1S/C16H19NO4S/c1-16(2,15-17-13(10-22-15)14(18)19)8-9-21-12-6-4-11(20-3)5-7-12/h4-7,10H,8-9H2,1-3H3,(H,18,19). The van der Waals surface area contributed by atoms with Crippen LogP contribution in [-0.2, 0) is 5.41 Å². The van der Waals surface area contributed by atoms with Gasteiger partial charge in [-0.15, -0.1) is 11.3 Å². The quantitative estimate of drug-likeness (QED) is 0.844. The van der Waals surface area contributed by atoms with E-state index in [-0.39, 0.29) is 11.1 Å². The number of aromatic carboxylic acids is 1. The first-order valence-corrected chi connectivity index (χ1v) is 7.76. The Hall–Kier alpha value is -2.08. The van der Waals surface area contributed by atoms with Crippen LogP contribution in [0.1, 0.15) is 35.8 Å². The SMILES string of the molecule is COc1ccc(OCCC(C)(C)c2nc(C(=O)O)cs2)cc1. The molecule has 0 atom stereocenters. The predicted octanol–water partition coefficient (Wildman–Crippen LogP) is 3.60. The molecule has 2 aromatic rings. The highest BCUT2D eigenvalue weighted by Gasteiger charge is 2.25. The van der Waals surface area contributed by atoms with E-state index in [1.165, 1.54) is 11.3 Å². The Morgan fingerprint density at radius 1 is 1.27 bits per heavy atom. The minimum Gasteiger partial charge on any atom is -0.497 e. The normalized spacial score (nSPS) is 11.2. The Kier molecular flexibility index (Phi) is 5.03. The van der Waals surface area contributed by atoms with Crippen LogP contribution in [0.5, 0.6) is 11.5 Å². The minimum atomic E-state index is -0.993. The summed E-state index contributed by atoms with van der Waals surface area (Å²) in [5, 5.41) is 11.3. The number of benzene rings is 1. The van der Waals surface area contributed by atoms with Crippen molar-refractivity contribution in [3.8, 4) is 11.5 Å². The average Bonchev–Trinajstić information content (AvgIpc) is 2.99. The minimum absolute atomic E-state index is 0.101. The molecule has 1 heterocycles. The fourth-order valence-corrected chi connectivity index (χ4v) is 2.83. The number of carboxylic acids is 1. The van der Waals surface area contributed by atoms with E-state index < -0.39 is 5.97 Å². The molecular weight excluding hydrogens is 302 g/mol. The fourth-order valence-electron chi connectivity index (χ4n) is 1.89. The molecule has 0 spiro atoms. The van der Waals surface area contributed by atoms with E-state index in [2.05, 4.69) is 4.98 Å². The third-order valence-corrected chi connectivity index (χ3v) is 4.57. The second-order valence-corrected chi connectivity index (χ2v) is 6.36. The number of hydrogen-bond donors (Lipinski definition) is 1. The van der Waals surface area contributed by atoms with Gasteiger partial charge in [0.25, 0.3) is 0 Å². The molecule has 0 radical (unpaired) electrons. The summed E-state index contributed by atoms with van der Waals surface area (Å²) in [4.78, 5) is 15.1. The fraction of sp³-hybridized carbons (Fsp3) is 0.375. The van der Waals surface area contributed by atoms with E-state index >= 15 is 0 Å². The van der Waals surface area contributed by atoms with Crippen molar-refractivity contribution in [3.63, 3.8) is 0 Å². The van der Waals surface area contributed by atoms with Gasteiger partial charge in [-0.1, -0.05) is 13.8 Å². The van der Waals surface area contributed by atoms with Gasteiger partial charge in [-0.05, 0) is 30.7 Å². The molecule has 1 N–H and O–H groups in total. The summed E-state index contributed by atoms with van der Waals surface area (Å²) >= 11 is 1.37. The summed E-state index contributed by atoms with van der Waals surface area (Å²) in [5.74, 6) is 0.575. The molecule has 118 valence electrons. The van der Waals surface area contributed by atoms with Gasteiger partial charge in [-0.25, -0.2) is 9.78 Å². The van der Waals surface area contributed by atoms with E-state index in [9.17, 15) is 4.79 Å². The van der Waals surface area contributed by atoms with Crippen LogP contribution in [0.3, 0.4) is 0 Å². The Balaban J connectivity index is 1.92. The third-order valence-electron chi connectivity index (χ3n) is 3.36. The van der Waals surface area contributed by atoms with Gasteiger partial charge in [0.1, 0.15) is 11.5 Å². The Morgan fingerprint density at radius 3 is 2.45 bits per heavy atom. The van der Waals surface area contributed by atoms with Gasteiger partial charge in [0.05, 0.1) is 18.7 Å². The average molecular weight is 321 g/mol. The lowest BCUT2D eigenvalue weighted by Gasteiger charge is -2.21.